The van der Waals surface area contributed by atoms with Crippen molar-refractivity contribution in [3.05, 3.63) is 17.0 Å². The minimum atomic E-state index is 0.147. The summed E-state index contributed by atoms with van der Waals surface area (Å²) >= 11 is 0. The molecule has 2 atom stereocenters. The first-order valence-corrected chi connectivity index (χ1v) is 8.69. The molecule has 2 aliphatic heterocycles. The van der Waals surface area contributed by atoms with E-state index in [1.54, 1.807) is 0 Å². The van der Waals surface area contributed by atoms with Crippen LogP contribution in [0.5, 0.6) is 0 Å². The Hall–Kier alpha value is -1.40. The molecule has 1 aromatic rings. The summed E-state index contributed by atoms with van der Waals surface area (Å²) in [6.07, 6.45) is 3.47. The molecule has 1 amide bonds. The van der Waals surface area contributed by atoms with Crippen LogP contribution in [0.2, 0.25) is 0 Å². The summed E-state index contributed by atoms with van der Waals surface area (Å²) in [6, 6.07) is 0.293. The third-order valence-corrected chi connectivity index (χ3v) is 5.72. The van der Waals surface area contributed by atoms with Crippen LogP contribution in [0.1, 0.15) is 36.3 Å². The van der Waals surface area contributed by atoms with E-state index in [9.17, 15) is 4.79 Å². The minimum Gasteiger partial charge on any atom is -0.373 e. The number of aryl methyl sites for hydroxylation is 2. The van der Waals surface area contributed by atoms with Crippen molar-refractivity contribution in [1.29, 1.82) is 0 Å². The average molecular weight is 319 g/mol. The zero-order valence-corrected chi connectivity index (χ0v) is 14.0. The monoisotopic (exact) mass is 319 g/mol. The molecule has 0 aromatic carbocycles. The maximum Gasteiger partial charge on any atom is 0.225 e. The second-order valence-corrected chi connectivity index (χ2v) is 7.12. The van der Waals surface area contributed by atoms with Crippen LogP contribution in [0, 0.1) is 19.8 Å². The van der Waals surface area contributed by atoms with Gasteiger partial charge < -0.3 is 14.2 Å². The fourth-order valence-electron chi connectivity index (χ4n) is 3.98. The number of rotatable bonds is 3. The summed E-state index contributed by atoms with van der Waals surface area (Å²) in [5.41, 5.74) is 2.14. The lowest BCUT2D eigenvalue weighted by molar-refractivity contribution is -0.137. The molecular formula is C17H25N3O3. The van der Waals surface area contributed by atoms with Gasteiger partial charge in [0.2, 0.25) is 5.91 Å². The number of morpholine rings is 1. The van der Waals surface area contributed by atoms with Gasteiger partial charge in [-0.1, -0.05) is 11.6 Å². The molecule has 1 aromatic heterocycles. The minimum absolute atomic E-state index is 0.147. The van der Waals surface area contributed by atoms with E-state index >= 15 is 0 Å². The number of aromatic nitrogens is 1. The first-order chi connectivity index (χ1) is 11.1. The van der Waals surface area contributed by atoms with Gasteiger partial charge in [-0.3, -0.25) is 9.69 Å². The molecule has 23 heavy (non-hydrogen) atoms. The highest BCUT2D eigenvalue weighted by atomic mass is 16.5. The molecule has 4 rings (SSSR count). The molecule has 3 fully saturated rings. The standard InChI is InChI=1S/C17H25N3O3/c1-11-14(12(2)23-18-11)8-19-6-7-22-16-10-20(9-15(16)19)17(21)13-4-3-5-13/h13,15-16H,3-10H2,1-2H3/t15-,16+/m0/s1. The third-order valence-electron chi connectivity index (χ3n) is 5.72. The molecule has 6 heteroatoms. The van der Waals surface area contributed by atoms with E-state index in [2.05, 4.69) is 10.1 Å². The largest absolute Gasteiger partial charge is 0.373 e. The van der Waals surface area contributed by atoms with Crippen molar-refractivity contribution >= 4 is 5.91 Å². The lowest BCUT2D eigenvalue weighted by atomic mass is 9.84. The number of carbonyl (C=O) groups excluding carboxylic acids is 1. The summed E-state index contributed by atoms with van der Waals surface area (Å²) in [5.74, 6) is 1.50. The summed E-state index contributed by atoms with van der Waals surface area (Å²) < 4.78 is 11.2. The molecule has 126 valence electrons. The van der Waals surface area contributed by atoms with Gasteiger partial charge >= 0.3 is 0 Å². The van der Waals surface area contributed by atoms with Crippen LogP contribution >= 0.6 is 0 Å². The van der Waals surface area contributed by atoms with Crippen molar-refractivity contribution in [3.63, 3.8) is 0 Å². The van der Waals surface area contributed by atoms with Crippen molar-refractivity contribution < 1.29 is 14.1 Å². The lowest BCUT2D eigenvalue weighted by Gasteiger charge is -2.36. The zero-order valence-electron chi connectivity index (χ0n) is 14.0. The van der Waals surface area contributed by atoms with Gasteiger partial charge in [-0.05, 0) is 26.7 Å². The molecular weight excluding hydrogens is 294 g/mol. The van der Waals surface area contributed by atoms with E-state index in [1.807, 2.05) is 18.7 Å². The highest BCUT2D eigenvalue weighted by Gasteiger charge is 2.43. The van der Waals surface area contributed by atoms with Gasteiger partial charge in [0.1, 0.15) is 5.76 Å². The number of fused-ring (bicyclic) bond motifs is 1. The number of carbonyl (C=O) groups is 1. The molecule has 0 N–H and O–H groups in total. The fourth-order valence-corrected chi connectivity index (χ4v) is 3.98. The predicted molar refractivity (Wildman–Crippen MR) is 83.8 cm³/mol. The summed E-state index contributed by atoms with van der Waals surface area (Å²) in [6.45, 7) is 7.96. The zero-order chi connectivity index (χ0) is 16.0. The molecule has 1 aliphatic carbocycles. The van der Waals surface area contributed by atoms with Gasteiger partial charge in [-0.2, -0.15) is 0 Å². The summed E-state index contributed by atoms with van der Waals surface area (Å²) in [4.78, 5) is 17.0. The number of hydrogen-bond acceptors (Lipinski definition) is 5. The predicted octanol–water partition coefficient (Wildman–Crippen LogP) is 1.50. The molecule has 0 unspecified atom stereocenters. The van der Waals surface area contributed by atoms with Gasteiger partial charge in [-0.25, -0.2) is 0 Å². The molecule has 3 aliphatic rings. The average Bonchev–Trinajstić information content (AvgIpc) is 3.04. The highest BCUT2D eigenvalue weighted by molar-refractivity contribution is 5.80. The Morgan fingerprint density at radius 2 is 2.13 bits per heavy atom. The van der Waals surface area contributed by atoms with Gasteiger partial charge in [0.15, 0.2) is 0 Å². The van der Waals surface area contributed by atoms with E-state index in [4.69, 9.17) is 9.26 Å². The molecule has 3 heterocycles. The molecule has 6 nitrogen and oxygen atoms in total. The van der Waals surface area contributed by atoms with E-state index < -0.39 is 0 Å². The summed E-state index contributed by atoms with van der Waals surface area (Å²) in [5, 5.41) is 4.05. The Bertz CT molecular complexity index is 576. The van der Waals surface area contributed by atoms with Gasteiger partial charge in [-0.15, -0.1) is 0 Å². The first kappa shape index (κ1) is 15.1. The quantitative estimate of drug-likeness (QED) is 0.845. The van der Waals surface area contributed by atoms with Crippen LogP contribution in [0.4, 0.5) is 0 Å². The third kappa shape index (κ3) is 2.68. The van der Waals surface area contributed by atoms with Crippen molar-refractivity contribution in [3.8, 4) is 0 Å². The van der Waals surface area contributed by atoms with Crippen LogP contribution in [0.3, 0.4) is 0 Å². The van der Waals surface area contributed by atoms with Crippen molar-refractivity contribution in [1.82, 2.24) is 15.0 Å². The first-order valence-electron chi connectivity index (χ1n) is 8.69. The smallest absolute Gasteiger partial charge is 0.225 e. The Kier molecular flexibility index (Phi) is 3.89. The Balaban J connectivity index is 1.46. The topological polar surface area (TPSA) is 58.8 Å². The van der Waals surface area contributed by atoms with Crippen LogP contribution in [0.25, 0.3) is 0 Å². The second kappa shape index (κ2) is 5.91. The normalized spacial score (nSPS) is 28.7. The Morgan fingerprint density at radius 3 is 2.78 bits per heavy atom. The summed E-state index contributed by atoms with van der Waals surface area (Å²) in [7, 11) is 0. The van der Waals surface area contributed by atoms with E-state index in [0.29, 0.717) is 11.9 Å². The van der Waals surface area contributed by atoms with Gasteiger partial charge in [0.05, 0.1) is 24.4 Å². The number of amides is 1. The van der Waals surface area contributed by atoms with Crippen LogP contribution in [-0.4, -0.2) is 59.3 Å². The molecule has 2 saturated heterocycles. The van der Waals surface area contributed by atoms with Gasteiger partial charge in [0, 0.05) is 37.7 Å². The van der Waals surface area contributed by atoms with Crippen molar-refractivity contribution in [2.24, 2.45) is 5.92 Å². The van der Waals surface area contributed by atoms with Gasteiger partial charge in [0.25, 0.3) is 0 Å². The SMILES string of the molecule is Cc1noc(C)c1CN1CCO[C@@H]2CN(C(=O)C3CCC3)C[C@@H]21. The maximum atomic E-state index is 12.5. The van der Waals surface area contributed by atoms with Crippen LogP contribution < -0.4 is 0 Å². The van der Waals surface area contributed by atoms with E-state index in [-0.39, 0.29) is 12.0 Å². The van der Waals surface area contributed by atoms with Crippen molar-refractivity contribution in [2.45, 2.75) is 51.8 Å². The number of ether oxygens (including phenoxy) is 1. The fraction of sp³-hybridized carbons (Fsp3) is 0.765. The number of likely N-dealkylation sites (tertiary alicyclic amines) is 1. The maximum absolute atomic E-state index is 12.5. The lowest BCUT2D eigenvalue weighted by Crippen LogP contribution is -2.50. The number of nitrogens with zero attached hydrogens (tertiary/aromatic N) is 3. The second-order valence-electron chi connectivity index (χ2n) is 7.12. The van der Waals surface area contributed by atoms with E-state index in [1.165, 1.54) is 12.0 Å². The number of hydrogen-bond donors (Lipinski definition) is 0. The molecule has 0 bridgehead atoms. The molecule has 0 radical (unpaired) electrons. The van der Waals surface area contributed by atoms with Crippen LogP contribution in [0.15, 0.2) is 4.52 Å². The Labute approximate surface area is 136 Å². The Morgan fingerprint density at radius 1 is 1.30 bits per heavy atom. The molecule has 1 saturated carbocycles. The van der Waals surface area contributed by atoms with Crippen LogP contribution in [-0.2, 0) is 16.1 Å². The molecule has 0 spiro atoms. The highest BCUT2D eigenvalue weighted by Crippen LogP contribution is 2.32. The van der Waals surface area contributed by atoms with Crippen molar-refractivity contribution in [2.75, 3.05) is 26.2 Å². The van der Waals surface area contributed by atoms with E-state index in [0.717, 1.165) is 57.1 Å².